The zero-order chi connectivity index (χ0) is 26.7. The number of nitrogens with one attached hydrogen (secondary N) is 1. The van der Waals surface area contributed by atoms with Crippen molar-refractivity contribution >= 4 is 23.2 Å². The van der Waals surface area contributed by atoms with Gasteiger partial charge in [-0.2, -0.15) is 10.4 Å². The highest BCUT2D eigenvalue weighted by Crippen LogP contribution is 2.42. The van der Waals surface area contributed by atoms with Crippen LogP contribution in [0.3, 0.4) is 0 Å². The summed E-state index contributed by atoms with van der Waals surface area (Å²) < 4.78 is 13.2. The Bertz CT molecular complexity index is 1500. The van der Waals surface area contributed by atoms with E-state index < -0.39 is 29.9 Å². The molecule has 0 saturated carbocycles. The molecule has 1 aliphatic rings. The molecule has 2 aromatic carbocycles. The van der Waals surface area contributed by atoms with Crippen LogP contribution in [0.2, 0.25) is 0 Å². The topological polar surface area (TPSA) is 139 Å². The summed E-state index contributed by atoms with van der Waals surface area (Å²) in [5.41, 5.74) is -0.0373. The van der Waals surface area contributed by atoms with Crippen LogP contribution in [-0.4, -0.2) is 49.9 Å². The first-order chi connectivity index (χ1) is 18.5. The Balaban J connectivity index is 1.44. The van der Waals surface area contributed by atoms with Crippen LogP contribution in [0.15, 0.2) is 79.1 Å². The van der Waals surface area contributed by atoms with Gasteiger partial charge in [-0.25, -0.2) is 9.50 Å². The Kier molecular flexibility index (Phi) is 6.87. The van der Waals surface area contributed by atoms with Gasteiger partial charge in [-0.15, -0.1) is 0 Å². The molecule has 3 heterocycles. The highest BCUT2D eigenvalue weighted by atomic mass is 16.6. The summed E-state index contributed by atoms with van der Waals surface area (Å²) >= 11 is 0. The van der Waals surface area contributed by atoms with Gasteiger partial charge >= 0.3 is 5.97 Å². The number of aliphatic hydroxyl groups excluding tert-OH is 1. The Morgan fingerprint density at radius 3 is 2.53 bits per heavy atom. The Morgan fingerprint density at radius 2 is 1.84 bits per heavy atom. The maximum Gasteiger partial charge on any atom is 0.310 e. The second-order valence-corrected chi connectivity index (χ2v) is 8.92. The molecule has 0 radical (unpaired) electrons. The molecule has 1 saturated heterocycles. The second-order valence-electron chi connectivity index (χ2n) is 8.92. The third kappa shape index (κ3) is 4.49. The molecule has 2 aromatic heterocycles. The number of amides is 1. The molecule has 0 unspecified atom stereocenters. The molecule has 192 valence electrons. The molecule has 1 aliphatic heterocycles. The summed E-state index contributed by atoms with van der Waals surface area (Å²) in [6.07, 6.45) is -1.65. The molecule has 0 spiro atoms. The molecule has 0 aliphatic carbocycles. The van der Waals surface area contributed by atoms with Gasteiger partial charge in [0.05, 0.1) is 18.2 Å². The van der Waals surface area contributed by atoms with E-state index >= 15 is 0 Å². The van der Waals surface area contributed by atoms with Crippen molar-refractivity contribution in [2.45, 2.75) is 43.7 Å². The number of anilines is 1. The number of hydrogen-bond acceptors (Lipinski definition) is 8. The van der Waals surface area contributed by atoms with Gasteiger partial charge in [-0.05, 0) is 36.2 Å². The molecule has 4 aromatic rings. The lowest BCUT2D eigenvalue weighted by Gasteiger charge is -2.25. The van der Waals surface area contributed by atoms with Crippen molar-refractivity contribution in [1.29, 1.82) is 5.26 Å². The van der Waals surface area contributed by atoms with Crippen molar-refractivity contribution in [1.82, 2.24) is 14.6 Å². The van der Waals surface area contributed by atoms with Crippen LogP contribution in [-0.2, 0) is 26.3 Å². The molecule has 0 bridgehead atoms. The summed E-state index contributed by atoms with van der Waals surface area (Å²) in [5, 5.41) is 28.6. The maximum absolute atomic E-state index is 12.7. The average Bonchev–Trinajstić information content (AvgIpc) is 3.50. The first-order valence-electron chi connectivity index (χ1n) is 12.2. The van der Waals surface area contributed by atoms with Gasteiger partial charge in [0.15, 0.2) is 11.9 Å². The number of carbonyl (C=O) groups excluding carboxylic acids is 2. The van der Waals surface area contributed by atoms with Gasteiger partial charge in [-0.1, -0.05) is 55.5 Å². The lowest BCUT2D eigenvalue weighted by Crippen LogP contribution is -2.42. The van der Waals surface area contributed by atoms with Gasteiger partial charge in [0, 0.05) is 5.56 Å². The molecular weight excluding hydrogens is 486 g/mol. The number of aliphatic hydroxyl groups is 1. The third-order valence-electron chi connectivity index (χ3n) is 6.56. The van der Waals surface area contributed by atoms with Crippen LogP contribution in [0, 0.1) is 11.3 Å². The van der Waals surface area contributed by atoms with E-state index in [1.54, 1.807) is 48.5 Å². The van der Waals surface area contributed by atoms with Crippen molar-refractivity contribution in [3.05, 3.63) is 95.9 Å². The molecule has 10 nitrogen and oxygen atoms in total. The van der Waals surface area contributed by atoms with E-state index in [1.807, 2.05) is 31.2 Å². The Morgan fingerprint density at radius 1 is 1.13 bits per heavy atom. The van der Waals surface area contributed by atoms with Crippen LogP contribution >= 0.6 is 0 Å². The first kappa shape index (κ1) is 25.1. The van der Waals surface area contributed by atoms with Gasteiger partial charge in [0.25, 0.3) is 5.91 Å². The largest absolute Gasteiger partial charge is 0.456 e. The van der Waals surface area contributed by atoms with Crippen molar-refractivity contribution in [2.24, 2.45) is 0 Å². The number of fused-ring (bicyclic) bond motifs is 1. The van der Waals surface area contributed by atoms with E-state index in [9.17, 15) is 20.0 Å². The quantitative estimate of drug-likeness (QED) is 0.361. The first-order valence-corrected chi connectivity index (χ1v) is 12.2. The van der Waals surface area contributed by atoms with E-state index in [1.165, 1.54) is 10.8 Å². The number of aromatic nitrogens is 3. The normalized spacial score (nSPS) is 22.6. The number of benzene rings is 2. The van der Waals surface area contributed by atoms with E-state index in [0.29, 0.717) is 17.5 Å². The Labute approximate surface area is 218 Å². The Hall–Kier alpha value is -4.59. The fourth-order valence-electron chi connectivity index (χ4n) is 4.66. The van der Waals surface area contributed by atoms with E-state index in [0.717, 1.165) is 5.56 Å². The van der Waals surface area contributed by atoms with Crippen LogP contribution in [0.25, 0.3) is 5.52 Å². The van der Waals surface area contributed by atoms with Crippen LogP contribution in [0.5, 0.6) is 0 Å². The standard InChI is InChI=1S/C28H25N5O5/c1-2-21-24(37-23(34)15-18-9-5-3-6-10-18)25(35)28(16-29,38-21)22-14-13-20-26(30-17-31-33(20)22)32-27(36)19-11-7-4-8-12-19/h3-14,17,21,24-25,35H,2,15H2,1H3,(H,30,31,32,36)/t21-,24-,25-,28+/m1/s1. The number of rotatable bonds is 7. The number of nitriles is 1. The third-order valence-corrected chi connectivity index (χ3v) is 6.56. The highest BCUT2D eigenvalue weighted by molar-refractivity contribution is 6.05. The minimum atomic E-state index is -1.88. The lowest BCUT2D eigenvalue weighted by atomic mass is 9.92. The summed E-state index contributed by atoms with van der Waals surface area (Å²) in [4.78, 5) is 29.6. The van der Waals surface area contributed by atoms with E-state index in [2.05, 4.69) is 21.5 Å². The number of carbonyl (C=O) groups is 2. The summed E-state index contributed by atoms with van der Waals surface area (Å²) in [6, 6.07) is 23.1. The number of esters is 1. The SMILES string of the molecule is CC[C@H]1O[C@@](C#N)(c2ccc3c(NC(=O)c4ccccc4)ncnn23)[C@H](O)[C@@H]1OC(=O)Cc1ccccc1. The van der Waals surface area contributed by atoms with E-state index in [4.69, 9.17) is 9.47 Å². The van der Waals surface area contributed by atoms with Gasteiger partial charge in [0.2, 0.25) is 5.60 Å². The number of nitrogens with zero attached hydrogens (tertiary/aromatic N) is 4. The zero-order valence-electron chi connectivity index (χ0n) is 20.5. The molecule has 4 atom stereocenters. The molecule has 10 heteroatoms. The summed E-state index contributed by atoms with van der Waals surface area (Å²) in [7, 11) is 0. The van der Waals surface area contributed by atoms with Crippen molar-refractivity contribution < 1.29 is 24.2 Å². The minimum Gasteiger partial charge on any atom is -0.456 e. The molecule has 5 rings (SSSR count). The highest BCUT2D eigenvalue weighted by Gasteiger charge is 2.59. The maximum atomic E-state index is 12.7. The molecule has 2 N–H and O–H groups in total. The summed E-state index contributed by atoms with van der Waals surface area (Å²) in [6.45, 7) is 1.82. The number of ether oxygens (including phenoxy) is 2. The van der Waals surface area contributed by atoms with Crippen LogP contribution < -0.4 is 5.32 Å². The van der Waals surface area contributed by atoms with Gasteiger partial charge in [0.1, 0.15) is 24.0 Å². The van der Waals surface area contributed by atoms with Gasteiger partial charge < -0.3 is 19.9 Å². The predicted molar refractivity (Wildman–Crippen MR) is 136 cm³/mol. The van der Waals surface area contributed by atoms with Crippen molar-refractivity contribution in [3.63, 3.8) is 0 Å². The van der Waals surface area contributed by atoms with Crippen LogP contribution in [0.4, 0.5) is 5.82 Å². The fourth-order valence-corrected chi connectivity index (χ4v) is 4.66. The molecule has 1 amide bonds. The molecule has 1 fully saturated rings. The monoisotopic (exact) mass is 511 g/mol. The lowest BCUT2D eigenvalue weighted by molar-refractivity contribution is -0.154. The second kappa shape index (κ2) is 10.4. The summed E-state index contributed by atoms with van der Waals surface area (Å²) in [5.74, 6) is -0.680. The fraction of sp³-hybridized carbons (Fsp3) is 0.250. The van der Waals surface area contributed by atoms with Gasteiger partial charge in [-0.3, -0.25) is 9.59 Å². The predicted octanol–water partition coefficient (Wildman–Crippen LogP) is 3.02. The number of hydrogen-bond donors (Lipinski definition) is 2. The molecular formula is C28H25N5O5. The minimum absolute atomic E-state index is 0.0196. The average molecular weight is 512 g/mol. The van der Waals surface area contributed by atoms with Crippen LogP contribution in [0.1, 0.15) is 35.0 Å². The van der Waals surface area contributed by atoms with Crippen molar-refractivity contribution in [2.75, 3.05) is 5.32 Å². The smallest absolute Gasteiger partial charge is 0.310 e. The zero-order valence-corrected chi connectivity index (χ0v) is 20.5. The van der Waals surface area contributed by atoms with Crippen molar-refractivity contribution in [3.8, 4) is 6.07 Å². The van der Waals surface area contributed by atoms with E-state index in [-0.39, 0.29) is 23.8 Å². The molecule has 38 heavy (non-hydrogen) atoms.